The molecule has 3 nitrogen and oxygen atoms in total. The van der Waals surface area contributed by atoms with E-state index in [9.17, 15) is 4.79 Å². The Kier molecular flexibility index (Phi) is 3.76. The lowest BCUT2D eigenvalue weighted by molar-refractivity contribution is -0.129. The highest BCUT2D eigenvalue weighted by Crippen LogP contribution is 2.25. The van der Waals surface area contributed by atoms with Gasteiger partial charge in [0.25, 0.3) is 0 Å². The molecule has 2 aliphatic rings. The van der Waals surface area contributed by atoms with Crippen LogP contribution < -0.4 is 5.32 Å². The monoisotopic (exact) mass is 278 g/mol. The summed E-state index contributed by atoms with van der Waals surface area (Å²) in [5.74, 6) is 0.871. The van der Waals surface area contributed by atoms with Crippen LogP contribution in [-0.2, 0) is 11.2 Å². The van der Waals surface area contributed by atoms with Crippen LogP contribution in [0.3, 0.4) is 0 Å². The van der Waals surface area contributed by atoms with Crippen molar-refractivity contribution in [2.45, 2.75) is 25.3 Å². The van der Waals surface area contributed by atoms with Gasteiger partial charge < -0.3 is 10.2 Å². The molecule has 2 atom stereocenters. The van der Waals surface area contributed by atoms with Gasteiger partial charge in [-0.2, -0.15) is 0 Å². The second-order valence-corrected chi connectivity index (χ2v) is 6.00. The van der Waals surface area contributed by atoms with Crippen LogP contribution in [-0.4, -0.2) is 36.5 Å². The van der Waals surface area contributed by atoms with Crippen LogP contribution in [0.2, 0.25) is 5.02 Å². The number of rotatable bonds is 2. The predicted molar refractivity (Wildman–Crippen MR) is 76.3 cm³/mol. The first-order chi connectivity index (χ1) is 9.22. The maximum atomic E-state index is 12.3. The summed E-state index contributed by atoms with van der Waals surface area (Å²) in [6, 6.07) is 8.09. The van der Waals surface area contributed by atoms with Crippen molar-refractivity contribution < 1.29 is 4.79 Å². The van der Waals surface area contributed by atoms with Gasteiger partial charge in [-0.3, -0.25) is 4.79 Å². The molecule has 19 heavy (non-hydrogen) atoms. The molecule has 0 spiro atoms. The predicted octanol–water partition coefficient (Wildman–Crippen LogP) is 2.09. The van der Waals surface area contributed by atoms with E-state index in [1.807, 2.05) is 29.2 Å². The van der Waals surface area contributed by atoms with E-state index in [1.165, 1.54) is 12.8 Å². The Morgan fingerprint density at radius 3 is 3.11 bits per heavy atom. The third-order valence-electron chi connectivity index (χ3n) is 4.20. The van der Waals surface area contributed by atoms with Crippen LogP contribution in [0.1, 0.15) is 18.4 Å². The second-order valence-electron chi connectivity index (χ2n) is 5.57. The summed E-state index contributed by atoms with van der Waals surface area (Å²) in [5.41, 5.74) is 1.00. The summed E-state index contributed by atoms with van der Waals surface area (Å²) in [6.45, 7) is 2.87. The van der Waals surface area contributed by atoms with Gasteiger partial charge in [0, 0.05) is 24.2 Å². The molecule has 1 aromatic rings. The van der Waals surface area contributed by atoms with E-state index in [-0.39, 0.29) is 5.91 Å². The van der Waals surface area contributed by atoms with Crippen molar-refractivity contribution >= 4 is 17.5 Å². The summed E-state index contributed by atoms with van der Waals surface area (Å²) in [7, 11) is 0. The molecule has 2 heterocycles. The Morgan fingerprint density at radius 2 is 2.32 bits per heavy atom. The fourth-order valence-corrected chi connectivity index (χ4v) is 3.40. The fourth-order valence-electron chi connectivity index (χ4n) is 3.18. The van der Waals surface area contributed by atoms with E-state index in [0.29, 0.717) is 23.4 Å². The number of likely N-dealkylation sites (tertiary alicyclic amines) is 1. The van der Waals surface area contributed by atoms with Gasteiger partial charge in [-0.1, -0.05) is 23.7 Å². The van der Waals surface area contributed by atoms with Crippen molar-refractivity contribution in [3.63, 3.8) is 0 Å². The lowest BCUT2D eigenvalue weighted by atomic mass is 9.94. The van der Waals surface area contributed by atoms with E-state index in [1.54, 1.807) is 0 Å². The van der Waals surface area contributed by atoms with Crippen molar-refractivity contribution in [2.24, 2.45) is 5.92 Å². The first-order valence-electron chi connectivity index (χ1n) is 6.98. The zero-order valence-corrected chi connectivity index (χ0v) is 11.7. The number of nitrogens with one attached hydrogen (secondary N) is 1. The molecule has 2 saturated heterocycles. The average Bonchev–Trinajstić information content (AvgIpc) is 2.82. The van der Waals surface area contributed by atoms with Gasteiger partial charge in [0.2, 0.25) is 5.91 Å². The average molecular weight is 279 g/mol. The molecule has 1 aromatic carbocycles. The van der Waals surface area contributed by atoms with E-state index >= 15 is 0 Å². The second kappa shape index (κ2) is 5.51. The maximum absolute atomic E-state index is 12.3. The molecule has 2 aliphatic heterocycles. The molecule has 0 aliphatic carbocycles. The Hall–Kier alpha value is -1.06. The van der Waals surface area contributed by atoms with Crippen molar-refractivity contribution in [1.82, 2.24) is 10.2 Å². The van der Waals surface area contributed by atoms with E-state index in [0.717, 1.165) is 25.2 Å². The number of benzene rings is 1. The number of carbonyl (C=O) groups excluding carboxylic acids is 1. The number of piperidine rings is 1. The molecule has 2 fully saturated rings. The topological polar surface area (TPSA) is 32.3 Å². The van der Waals surface area contributed by atoms with Crippen LogP contribution in [0.4, 0.5) is 0 Å². The van der Waals surface area contributed by atoms with Gasteiger partial charge in [-0.25, -0.2) is 0 Å². The maximum Gasteiger partial charge on any atom is 0.227 e. The standard InChI is InChI=1S/C15H19ClN2O/c16-13-5-1-3-11(7-13)8-15(19)18-9-12-4-2-6-17-14(12)10-18/h1,3,5,7,12,14,17H,2,4,6,8-10H2/t12-,14+/m0/s1. The van der Waals surface area contributed by atoms with Crippen LogP contribution in [0.15, 0.2) is 24.3 Å². The van der Waals surface area contributed by atoms with Crippen molar-refractivity contribution in [3.8, 4) is 0 Å². The molecule has 0 aromatic heterocycles. The number of hydrogen-bond donors (Lipinski definition) is 1. The first-order valence-corrected chi connectivity index (χ1v) is 7.36. The van der Waals surface area contributed by atoms with Gasteiger partial charge in [-0.15, -0.1) is 0 Å². The Morgan fingerprint density at radius 1 is 1.42 bits per heavy atom. The smallest absolute Gasteiger partial charge is 0.227 e. The number of halogens is 1. The van der Waals surface area contributed by atoms with Gasteiger partial charge in [0.1, 0.15) is 0 Å². The zero-order valence-electron chi connectivity index (χ0n) is 10.9. The Bertz CT molecular complexity index is 463. The highest BCUT2D eigenvalue weighted by atomic mass is 35.5. The highest BCUT2D eigenvalue weighted by Gasteiger charge is 2.36. The lowest BCUT2D eigenvalue weighted by Crippen LogP contribution is -2.41. The van der Waals surface area contributed by atoms with E-state index in [2.05, 4.69) is 5.32 Å². The Balaban J connectivity index is 1.62. The molecule has 0 radical (unpaired) electrons. The normalized spacial score (nSPS) is 26.3. The van der Waals surface area contributed by atoms with Gasteiger partial charge in [0.15, 0.2) is 0 Å². The van der Waals surface area contributed by atoms with Crippen LogP contribution in [0, 0.1) is 5.92 Å². The highest BCUT2D eigenvalue weighted by molar-refractivity contribution is 6.30. The molecule has 4 heteroatoms. The fraction of sp³-hybridized carbons (Fsp3) is 0.533. The minimum absolute atomic E-state index is 0.221. The third kappa shape index (κ3) is 2.93. The van der Waals surface area contributed by atoms with Gasteiger partial charge in [0.05, 0.1) is 6.42 Å². The summed E-state index contributed by atoms with van der Waals surface area (Å²) in [4.78, 5) is 14.3. The van der Waals surface area contributed by atoms with E-state index < -0.39 is 0 Å². The van der Waals surface area contributed by atoms with Crippen LogP contribution in [0.5, 0.6) is 0 Å². The number of carbonyl (C=O) groups is 1. The molecule has 3 rings (SSSR count). The molecule has 0 unspecified atom stereocenters. The SMILES string of the molecule is O=C(Cc1cccc(Cl)c1)N1C[C@@H]2CCCN[C@@H]2C1. The number of fused-ring (bicyclic) bond motifs is 1. The summed E-state index contributed by atoms with van der Waals surface area (Å²) < 4.78 is 0. The zero-order chi connectivity index (χ0) is 13.2. The summed E-state index contributed by atoms with van der Waals surface area (Å²) in [5, 5.41) is 4.22. The molecule has 0 saturated carbocycles. The van der Waals surface area contributed by atoms with Crippen LogP contribution >= 0.6 is 11.6 Å². The number of hydrogen-bond acceptors (Lipinski definition) is 2. The van der Waals surface area contributed by atoms with Crippen LogP contribution in [0.25, 0.3) is 0 Å². The number of nitrogens with zero attached hydrogens (tertiary/aromatic N) is 1. The lowest BCUT2D eigenvalue weighted by Gasteiger charge is -2.24. The van der Waals surface area contributed by atoms with Crippen molar-refractivity contribution in [2.75, 3.05) is 19.6 Å². The van der Waals surface area contributed by atoms with Crippen molar-refractivity contribution in [1.29, 1.82) is 0 Å². The quantitative estimate of drug-likeness (QED) is 0.898. The third-order valence-corrected chi connectivity index (χ3v) is 4.43. The molecule has 1 amide bonds. The van der Waals surface area contributed by atoms with Gasteiger partial charge >= 0.3 is 0 Å². The largest absolute Gasteiger partial charge is 0.341 e. The van der Waals surface area contributed by atoms with E-state index in [4.69, 9.17) is 11.6 Å². The molecular weight excluding hydrogens is 260 g/mol. The molecular formula is C15H19ClN2O. The van der Waals surface area contributed by atoms with Gasteiger partial charge in [-0.05, 0) is 43.0 Å². The Labute approximate surface area is 118 Å². The minimum atomic E-state index is 0.221. The van der Waals surface area contributed by atoms with Crippen molar-refractivity contribution in [3.05, 3.63) is 34.9 Å². The molecule has 0 bridgehead atoms. The number of amides is 1. The molecule has 102 valence electrons. The first kappa shape index (κ1) is 12.9. The summed E-state index contributed by atoms with van der Waals surface area (Å²) >= 11 is 5.95. The minimum Gasteiger partial charge on any atom is -0.341 e. The molecule has 1 N–H and O–H groups in total. The summed E-state index contributed by atoms with van der Waals surface area (Å²) in [6.07, 6.45) is 2.94.